The van der Waals surface area contributed by atoms with Crippen LogP contribution in [0.4, 0.5) is 14.5 Å². The minimum absolute atomic E-state index is 0.336. The van der Waals surface area contributed by atoms with Crippen LogP contribution in [0.25, 0.3) is 0 Å². The second kappa shape index (κ2) is 7.44. The third kappa shape index (κ3) is 4.14. The van der Waals surface area contributed by atoms with E-state index in [1.807, 2.05) is 0 Å². The number of hydrogen-bond acceptors (Lipinski definition) is 3. The Balaban J connectivity index is 1.64. The van der Waals surface area contributed by atoms with Gasteiger partial charge in [-0.1, -0.05) is 12.1 Å². The number of benzene rings is 2. The average Bonchev–Trinajstić information content (AvgIpc) is 3.45. The standard InChI is InChI=1S/C20H20F2N2O3/c1-12(17(25)13-3-2-4-15(22)11-13)23-18(26)20(9-10-20)19(27)24-16-7-5-14(21)6-8-16/h2-8,11-12,17,25H,9-10H2,1H3,(H,23,26)(H,24,27). The van der Waals surface area contributed by atoms with E-state index in [4.69, 9.17) is 0 Å². The van der Waals surface area contributed by atoms with E-state index in [1.54, 1.807) is 13.0 Å². The highest BCUT2D eigenvalue weighted by Gasteiger charge is 2.56. The molecule has 142 valence electrons. The molecule has 2 amide bonds. The van der Waals surface area contributed by atoms with Crippen LogP contribution in [0, 0.1) is 17.0 Å². The largest absolute Gasteiger partial charge is 0.386 e. The highest BCUT2D eigenvalue weighted by molar-refractivity contribution is 6.13. The first-order valence-electron chi connectivity index (χ1n) is 8.63. The first-order valence-corrected chi connectivity index (χ1v) is 8.63. The SMILES string of the molecule is CC(NC(=O)C1(C(=O)Nc2ccc(F)cc2)CC1)C(O)c1cccc(F)c1. The molecule has 3 N–H and O–H groups in total. The molecule has 0 radical (unpaired) electrons. The Bertz CT molecular complexity index is 851. The lowest BCUT2D eigenvalue weighted by atomic mass is 10.0. The molecule has 5 nitrogen and oxygen atoms in total. The molecular weight excluding hydrogens is 354 g/mol. The number of amides is 2. The fourth-order valence-corrected chi connectivity index (χ4v) is 2.87. The second-order valence-corrected chi connectivity index (χ2v) is 6.81. The third-order valence-corrected chi connectivity index (χ3v) is 4.74. The van der Waals surface area contributed by atoms with Crippen molar-refractivity contribution in [1.29, 1.82) is 0 Å². The third-order valence-electron chi connectivity index (χ3n) is 4.74. The number of carbonyl (C=O) groups excluding carboxylic acids is 2. The van der Waals surface area contributed by atoms with E-state index in [-0.39, 0.29) is 0 Å². The van der Waals surface area contributed by atoms with Crippen molar-refractivity contribution in [2.75, 3.05) is 5.32 Å². The minimum atomic E-state index is -1.20. The number of nitrogens with one attached hydrogen (secondary N) is 2. The fraction of sp³-hybridized carbons (Fsp3) is 0.300. The van der Waals surface area contributed by atoms with Crippen molar-refractivity contribution in [3.63, 3.8) is 0 Å². The maximum absolute atomic E-state index is 13.3. The number of halogens is 2. The van der Waals surface area contributed by atoms with Crippen LogP contribution < -0.4 is 10.6 Å². The van der Waals surface area contributed by atoms with Gasteiger partial charge >= 0.3 is 0 Å². The van der Waals surface area contributed by atoms with Crippen molar-refractivity contribution in [3.8, 4) is 0 Å². The summed E-state index contributed by atoms with van der Waals surface area (Å²) < 4.78 is 26.3. The summed E-state index contributed by atoms with van der Waals surface area (Å²) in [5.74, 6) is -1.88. The van der Waals surface area contributed by atoms with Crippen molar-refractivity contribution < 1.29 is 23.5 Å². The molecule has 0 aromatic heterocycles. The van der Waals surface area contributed by atoms with Crippen molar-refractivity contribution in [2.45, 2.75) is 31.9 Å². The smallest absolute Gasteiger partial charge is 0.240 e. The molecule has 0 aliphatic heterocycles. The number of carbonyl (C=O) groups is 2. The van der Waals surface area contributed by atoms with Gasteiger partial charge in [0.2, 0.25) is 11.8 Å². The second-order valence-electron chi connectivity index (χ2n) is 6.81. The zero-order valence-electron chi connectivity index (χ0n) is 14.7. The van der Waals surface area contributed by atoms with E-state index in [0.29, 0.717) is 24.1 Å². The summed E-state index contributed by atoms with van der Waals surface area (Å²) in [7, 11) is 0. The number of hydrogen-bond donors (Lipinski definition) is 3. The van der Waals surface area contributed by atoms with E-state index in [9.17, 15) is 23.5 Å². The van der Waals surface area contributed by atoms with Gasteiger partial charge in [-0.25, -0.2) is 8.78 Å². The zero-order valence-corrected chi connectivity index (χ0v) is 14.7. The van der Waals surface area contributed by atoms with Crippen molar-refractivity contribution in [2.24, 2.45) is 5.41 Å². The molecule has 2 aromatic rings. The summed E-state index contributed by atoms with van der Waals surface area (Å²) in [4.78, 5) is 25.1. The van der Waals surface area contributed by atoms with Gasteiger partial charge in [-0.05, 0) is 61.7 Å². The first-order chi connectivity index (χ1) is 12.8. The monoisotopic (exact) mass is 374 g/mol. The molecule has 2 atom stereocenters. The predicted octanol–water partition coefficient (Wildman–Crippen LogP) is 2.92. The molecule has 1 aliphatic rings. The number of aliphatic hydroxyl groups excluding tert-OH is 1. The van der Waals surface area contributed by atoms with Crippen LogP contribution in [0.5, 0.6) is 0 Å². The van der Waals surface area contributed by atoms with E-state index < -0.39 is 41.0 Å². The molecular formula is C20H20F2N2O3. The normalized spacial score (nSPS) is 16.9. The van der Waals surface area contributed by atoms with Gasteiger partial charge in [0, 0.05) is 5.69 Å². The maximum Gasteiger partial charge on any atom is 0.240 e. The van der Waals surface area contributed by atoms with Gasteiger partial charge in [0.15, 0.2) is 0 Å². The molecule has 0 spiro atoms. The van der Waals surface area contributed by atoms with Gasteiger partial charge in [-0.2, -0.15) is 0 Å². The fourth-order valence-electron chi connectivity index (χ4n) is 2.87. The number of rotatable bonds is 6. The zero-order chi connectivity index (χ0) is 19.6. The van der Waals surface area contributed by atoms with Crippen LogP contribution in [0.3, 0.4) is 0 Å². The van der Waals surface area contributed by atoms with Gasteiger partial charge in [0.25, 0.3) is 0 Å². The van der Waals surface area contributed by atoms with Crippen LogP contribution in [-0.2, 0) is 9.59 Å². The topological polar surface area (TPSA) is 78.4 Å². The first kappa shape index (κ1) is 19.0. The van der Waals surface area contributed by atoms with Crippen LogP contribution in [0.2, 0.25) is 0 Å². The summed E-state index contributed by atoms with van der Waals surface area (Å²) in [6.07, 6.45) is -0.343. The summed E-state index contributed by atoms with van der Waals surface area (Å²) in [5, 5.41) is 15.6. The van der Waals surface area contributed by atoms with E-state index >= 15 is 0 Å². The molecule has 0 bridgehead atoms. The van der Waals surface area contributed by atoms with Crippen LogP contribution in [-0.4, -0.2) is 23.0 Å². The molecule has 2 aromatic carbocycles. The lowest BCUT2D eigenvalue weighted by molar-refractivity contribution is -0.135. The van der Waals surface area contributed by atoms with Crippen LogP contribution in [0.15, 0.2) is 48.5 Å². The summed E-state index contributed by atoms with van der Waals surface area (Å²) in [6, 6.07) is 10.0. The Morgan fingerprint density at radius 2 is 1.70 bits per heavy atom. The summed E-state index contributed by atoms with van der Waals surface area (Å²) in [6.45, 7) is 1.58. The van der Waals surface area contributed by atoms with Gasteiger partial charge in [-0.3, -0.25) is 9.59 Å². The Labute approximate surface area is 155 Å². The highest BCUT2D eigenvalue weighted by atomic mass is 19.1. The lowest BCUT2D eigenvalue weighted by Gasteiger charge is -2.23. The van der Waals surface area contributed by atoms with E-state index in [2.05, 4.69) is 10.6 Å². The highest BCUT2D eigenvalue weighted by Crippen LogP contribution is 2.47. The quantitative estimate of drug-likeness (QED) is 0.681. The van der Waals surface area contributed by atoms with E-state index in [1.165, 1.54) is 42.5 Å². The molecule has 27 heavy (non-hydrogen) atoms. The Hall–Kier alpha value is -2.80. The number of aliphatic hydroxyl groups is 1. The van der Waals surface area contributed by atoms with Crippen molar-refractivity contribution in [1.82, 2.24) is 5.32 Å². The van der Waals surface area contributed by atoms with Crippen molar-refractivity contribution in [3.05, 3.63) is 65.7 Å². The number of anilines is 1. The lowest BCUT2D eigenvalue weighted by Crippen LogP contribution is -2.45. The van der Waals surface area contributed by atoms with Gasteiger partial charge in [-0.15, -0.1) is 0 Å². The molecule has 1 fully saturated rings. The van der Waals surface area contributed by atoms with Crippen molar-refractivity contribution >= 4 is 17.5 Å². The minimum Gasteiger partial charge on any atom is -0.386 e. The predicted molar refractivity (Wildman–Crippen MR) is 95.7 cm³/mol. The van der Waals surface area contributed by atoms with Gasteiger partial charge in [0.1, 0.15) is 17.0 Å². The summed E-state index contributed by atoms with van der Waals surface area (Å²) >= 11 is 0. The molecule has 1 saturated carbocycles. The van der Waals surface area contributed by atoms with E-state index in [0.717, 1.165) is 0 Å². The maximum atomic E-state index is 13.3. The summed E-state index contributed by atoms with van der Waals surface area (Å²) in [5.41, 5.74) is -0.471. The Morgan fingerprint density at radius 1 is 1.04 bits per heavy atom. The molecule has 0 saturated heterocycles. The van der Waals surface area contributed by atoms with Crippen LogP contribution in [0.1, 0.15) is 31.4 Å². The molecule has 2 unspecified atom stereocenters. The van der Waals surface area contributed by atoms with Gasteiger partial charge < -0.3 is 15.7 Å². The van der Waals surface area contributed by atoms with Gasteiger partial charge in [0.05, 0.1) is 12.1 Å². The molecule has 7 heteroatoms. The molecule has 0 heterocycles. The molecule has 1 aliphatic carbocycles. The van der Waals surface area contributed by atoms with Crippen LogP contribution >= 0.6 is 0 Å². The average molecular weight is 374 g/mol. The Kier molecular flexibility index (Phi) is 5.23. The Morgan fingerprint density at radius 3 is 2.30 bits per heavy atom. The molecule has 3 rings (SSSR count).